The van der Waals surface area contributed by atoms with Crippen molar-refractivity contribution < 1.29 is 18.7 Å². The third-order valence-corrected chi connectivity index (χ3v) is 2.00. The summed E-state index contributed by atoms with van der Waals surface area (Å²) in [6.07, 6.45) is 0. The predicted octanol–water partition coefficient (Wildman–Crippen LogP) is 1.01. The molecule has 4 nitrogen and oxygen atoms in total. The molecule has 1 aromatic rings. The van der Waals surface area contributed by atoms with Gasteiger partial charge in [0.25, 0.3) is 0 Å². The summed E-state index contributed by atoms with van der Waals surface area (Å²) < 4.78 is 22.8. The predicted molar refractivity (Wildman–Crippen MR) is 51.9 cm³/mol. The van der Waals surface area contributed by atoms with E-state index in [4.69, 9.17) is 10.5 Å². The highest BCUT2D eigenvalue weighted by Crippen LogP contribution is 2.26. The van der Waals surface area contributed by atoms with E-state index in [0.29, 0.717) is 0 Å². The van der Waals surface area contributed by atoms with Gasteiger partial charge in [-0.15, -0.1) is 0 Å². The van der Waals surface area contributed by atoms with Crippen molar-refractivity contribution in [2.75, 3.05) is 14.2 Å². The fraction of sp³-hybridized carbons (Fsp3) is 0.300. The Hall–Kier alpha value is -1.62. The van der Waals surface area contributed by atoms with Crippen LogP contribution in [-0.4, -0.2) is 20.2 Å². The summed E-state index contributed by atoms with van der Waals surface area (Å²) in [5, 5.41) is 0. The molecule has 0 aliphatic rings. The van der Waals surface area contributed by atoms with Crippen molar-refractivity contribution in [1.82, 2.24) is 0 Å². The Balaban J connectivity index is 3.16. The maximum atomic E-state index is 13.4. The molecule has 0 heterocycles. The van der Waals surface area contributed by atoms with Crippen LogP contribution in [0.15, 0.2) is 18.2 Å². The van der Waals surface area contributed by atoms with Crippen LogP contribution in [0.1, 0.15) is 11.6 Å². The van der Waals surface area contributed by atoms with Crippen molar-refractivity contribution in [3.05, 3.63) is 29.6 Å². The molecule has 1 aromatic carbocycles. The second-order valence-corrected chi connectivity index (χ2v) is 2.86. The average molecular weight is 213 g/mol. The molecule has 0 spiro atoms. The second kappa shape index (κ2) is 4.75. The van der Waals surface area contributed by atoms with Crippen LogP contribution in [0.3, 0.4) is 0 Å². The zero-order valence-electron chi connectivity index (χ0n) is 8.49. The third kappa shape index (κ3) is 2.24. The second-order valence-electron chi connectivity index (χ2n) is 2.86. The number of carbonyl (C=O) groups excluding carboxylic acids is 1. The minimum Gasteiger partial charge on any atom is -0.496 e. The van der Waals surface area contributed by atoms with Gasteiger partial charge in [-0.2, -0.15) is 0 Å². The Morgan fingerprint density at radius 3 is 2.67 bits per heavy atom. The summed E-state index contributed by atoms with van der Waals surface area (Å²) >= 11 is 0. The Bertz CT molecular complexity index is 368. The van der Waals surface area contributed by atoms with Crippen molar-refractivity contribution in [2.24, 2.45) is 5.73 Å². The van der Waals surface area contributed by atoms with Crippen LogP contribution in [-0.2, 0) is 9.53 Å². The SMILES string of the molecule is COC(=O)C(N)c1c(F)cccc1OC. The van der Waals surface area contributed by atoms with Crippen LogP contribution in [0.2, 0.25) is 0 Å². The molecule has 0 fully saturated rings. The topological polar surface area (TPSA) is 61.5 Å². The molecule has 0 aromatic heterocycles. The Morgan fingerprint density at radius 2 is 2.13 bits per heavy atom. The lowest BCUT2D eigenvalue weighted by molar-refractivity contribution is -0.142. The molecule has 0 radical (unpaired) electrons. The van der Waals surface area contributed by atoms with E-state index >= 15 is 0 Å². The molecule has 0 aliphatic carbocycles. The molecule has 1 atom stereocenters. The average Bonchev–Trinajstić information content (AvgIpc) is 2.26. The van der Waals surface area contributed by atoms with Crippen molar-refractivity contribution >= 4 is 5.97 Å². The van der Waals surface area contributed by atoms with E-state index in [1.807, 2.05) is 0 Å². The summed E-state index contributed by atoms with van der Waals surface area (Å²) in [6.45, 7) is 0. The van der Waals surface area contributed by atoms with E-state index in [0.717, 1.165) is 0 Å². The van der Waals surface area contributed by atoms with Gasteiger partial charge >= 0.3 is 5.97 Å². The van der Waals surface area contributed by atoms with Gasteiger partial charge in [0.1, 0.15) is 17.6 Å². The van der Waals surface area contributed by atoms with Crippen LogP contribution >= 0.6 is 0 Å². The summed E-state index contributed by atoms with van der Waals surface area (Å²) in [4.78, 5) is 11.2. The highest BCUT2D eigenvalue weighted by Gasteiger charge is 2.23. The zero-order chi connectivity index (χ0) is 11.4. The van der Waals surface area contributed by atoms with Crippen molar-refractivity contribution in [1.29, 1.82) is 0 Å². The minimum absolute atomic E-state index is 0.00634. The van der Waals surface area contributed by atoms with Gasteiger partial charge in [-0.05, 0) is 12.1 Å². The normalized spacial score (nSPS) is 12.0. The molecular weight excluding hydrogens is 201 g/mol. The highest BCUT2D eigenvalue weighted by atomic mass is 19.1. The van der Waals surface area contributed by atoms with Gasteiger partial charge in [0.05, 0.1) is 19.8 Å². The summed E-state index contributed by atoms with van der Waals surface area (Å²) in [5.41, 5.74) is 5.54. The van der Waals surface area contributed by atoms with Crippen molar-refractivity contribution in [2.45, 2.75) is 6.04 Å². The number of hydrogen-bond donors (Lipinski definition) is 1. The molecule has 1 rings (SSSR count). The van der Waals surface area contributed by atoms with Gasteiger partial charge in [-0.1, -0.05) is 6.07 Å². The van der Waals surface area contributed by atoms with E-state index in [1.165, 1.54) is 32.4 Å². The molecule has 5 heteroatoms. The van der Waals surface area contributed by atoms with Crippen LogP contribution in [0, 0.1) is 5.82 Å². The molecule has 2 N–H and O–H groups in total. The highest BCUT2D eigenvalue weighted by molar-refractivity contribution is 5.78. The molecule has 1 unspecified atom stereocenters. The third-order valence-electron chi connectivity index (χ3n) is 2.00. The number of carbonyl (C=O) groups is 1. The van der Waals surface area contributed by atoms with Crippen LogP contribution in [0.4, 0.5) is 4.39 Å². The lowest BCUT2D eigenvalue weighted by atomic mass is 10.1. The van der Waals surface area contributed by atoms with Crippen molar-refractivity contribution in [3.8, 4) is 5.75 Å². The first-order valence-electron chi connectivity index (χ1n) is 4.27. The molecule has 15 heavy (non-hydrogen) atoms. The van der Waals surface area contributed by atoms with E-state index in [-0.39, 0.29) is 11.3 Å². The first-order chi connectivity index (χ1) is 7.11. The lowest BCUT2D eigenvalue weighted by Gasteiger charge is -2.14. The van der Waals surface area contributed by atoms with E-state index in [9.17, 15) is 9.18 Å². The van der Waals surface area contributed by atoms with Gasteiger partial charge < -0.3 is 15.2 Å². The smallest absolute Gasteiger partial charge is 0.327 e. The molecule has 0 saturated heterocycles. The minimum atomic E-state index is -1.17. The first-order valence-corrected chi connectivity index (χ1v) is 4.27. The van der Waals surface area contributed by atoms with Gasteiger partial charge in [-0.3, -0.25) is 4.79 Å². The number of hydrogen-bond acceptors (Lipinski definition) is 4. The summed E-state index contributed by atoms with van der Waals surface area (Å²) in [6, 6.07) is 3.04. The Kier molecular flexibility index (Phi) is 3.62. The fourth-order valence-electron chi connectivity index (χ4n) is 1.24. The number of ether oxygens (including phenoxy) is 2. The molecule has 0 saturated carbocycles. The summed E-state index contributed by atoms with van der Waals surface area (Å²) in [5.74, 6) is -1.07. The van der Waals surface area contributed by atoms with Gasteiger partial charge in [0.15, 0.2) is 0 Å². The number of benzene rings is 1. The quantitative estimate of drug-likeness (QED) is 0.761. The number of methoxy groups -OCH3 is 2. The van der Waals surface area contributed by atoms with E-state index in [1.54, 1.807) is 0 Å². The lowest BCUT2D eigenvalue weighted by Crippen LogP contribution is -2.24. The fourth-order valence-corrected chi connectivity index (χ4v) is 1.24. The standard InChI is InChI=1S/C10H12FNO3/c1-14-7-5-3-4-6(11)8(7)9(12)10(13)15-2/h3-5,9H,12H2,1-2H3. The maximum absolute atomic E-state index is 13.4. The number of nitrogens with two attached hydrogens (primary N) is 1. The maximum Gasteiger partial charge on any atom is 0.327 e. The van der Waals surface area contributed by atoms with Crippen LogP contribution in [0.25, 0.3) is 0 Å². The van der Waals surface area contributed by atoms with E-state index < -0.39 is 17.8 Å². The van der Waals surface area contributed by atoms with Gasteiger partial charge in [0.2, 0.25) is 0 Å². The van der Waals surface area contributed by atoms with Crippen molar-refractivity contribution in [3.63, 3.8) is 0 Å². The number of halogens is 1. The Morgan fingerprint density at radius 1 is 1.47 bits per heavy atom. The first kappa shape index (κ1) is 11.5. The monoisotopic (exact) mass is 213 g/mol. The molecule has 82 valence electrons. The number of rotatable bonds is 3. The molecule has 0 aliphatic heterocycles. The largest absolute Gasteiger partial charge is 0.496 e. The van der Waals surface area contributed by atoms with Crippen LogP contribution in [0.5, 0.6) is 5.75 Å². The molecule has 0 bridgehead atoms. The Labute approximate surface area is 86.8 Å². The molecule has 0 amide bonds. The summed E-state index contributed by atoms with van der Waals surface area (Å²) in [7, 11) is 2.57. The molecular formula is C10H12FNO3. The van der Waals surface area contributed by atoms with E-state index in [2.05, 4.69) is 4.74 Å². The van der Waals surface area contributed by atoms with Gasteiger partial charge in [-0.25, -0.2) is 4.39 Å². The van der Waals surface area contributed by atoms with Crippen LogP contribution < -0.4 is 10.5 Å². The van der Waals surface area contributed by atoms with Gasteiger partial charge in [0, 0.05) is 0 Å². The number of esters is 1. The zero-order valence-corrected chi connectivity index (χ0v) is 8.49.